The fraction of sp³-hybridized carbons (Fsp3) is 0.583. The zero-order valence-electron chi connectivity index (χ0n) is 11.8. The third kappa shape index (κ3) is 4.09. The van der Waals surface area contributed by atoms with Crippen LogP contribution < -0.4 is 5.32 Å². The van der Waals surface area contributed by atoms with Gasteiger partial charge in [-0.2, -0.15) is 17.5 Å². The van der Waals surface area contributed by atoms with Gasteiger partial charge in [0.25, 0.3) is 0 Å². The molecule has 1 saturated heterocycles. The molecule has 22 heavy (non-hydrogen) atoms. The molecule has 0 aliphatic carbocycles. The van der Waals surface area contributed by atoms with Crippen LogP contribution >= 0.6 is 12.4 Å². The number of piperidine rings is 1. The molecule has 1 N–H and O–H groups in total. The second kappa shape index (κ2) is 7.12. The highest BCUT2D eigenvalue weighted by Gasteiger charge is 2.34. The number of pyridine rings is 1. The number of hydrogen-bond acceptors (Lipinski definition) is 4. The SMILES string of the molecule is CNC1CCCN(S(=O)(=O)c2ccc(C(F)(F)F)nc2)C1.Cl. The van der Waals surface area contributed by atoms with E-state index in [-0.39, 0.29) is 23.3 Å². The fourth-order valence-electron chi connectivity index (χ4n) is 2.25. The minimum atomic E-state index is -4.58. The molecule has 126 valence electrons. The molecule has 1 aliphatic rings. The summed E-state index contributed by atoms with van der Waals surface area (Å²) in [6.07, 6.45) is -2.24. The summed E-state index contributed by atoms with van der Waals surface area (Å²) in [6, 6.07) is 1.69. The van der Waals surface area contributed by atoms with Crippen LogP contribution in [0, 0.1) is 0 Å². The number of rotatable bonds is 3. The first kappa shape index (κ1) is 19.1. The molecule has 0 spiro atoms. The highest BCUT2D eigenvalue weighted by atomic mass is 35.5. The van der Waals surface area contributed by atoms with Crippen molar-refractivity contribution >= 4 is 22.4 Å². The number of aromatic nitrogens is 1. The van der Waals surface area contributed by atoms with Crippen molar-refractivity contribution in [3.05, 3.63) is 24.0 Å². The summed E-state index contributed by atoms with van der Waals surface area (Å²) in [5.41, 5.74) is -1.10. The lowest BCUT2D eigenvalue weighted by Crippen LogP contribution is -2.46. The van der Waals surface area contributed by atoms with Crippen LogP contribution in [0.2, 0.25) is 0 Å². The first-order chi connectivity index (χ1) is 9.75. The Kier molecular flexibility index (Phi) is 6.19. The third-order valence-electron chi connectivity index (χ3n) is 3.46. The van der Waals surface area contributed by atoms with Crippen molar-refractivity contribution in [3.8, 4) is 0 Å². The zero-order chi connectivity index (χ0) is 15.7. The minimum absolute atomic E-state index is 0. The number of nitrogens with zero attached hydrogens (tertiary/aromatic N) is 2. The summed E-state index contributed by atoms with van der Waals surface area (Å²) in [7, 11) is -2.05. The summed E-state index contributed by atoms with van der Waals surface area (Å²) < 4.78 is 63.4. The lowest BCUT2D eigenvalue weighted by atomic mass is 10.1. The van der Waals surface area contributed by atoms with Crippen molar-refractivity contribution in [2.24, 2.45) is 0 Å². The van der Waals surface area contributed by atoms with Crippen LogP contribution in [0.25, 0.3) is 0 Å². The molecule has 5 nitrogen and oxygen atoms in total. The Bertz CT molecular complexity index is 593. The molecular formula is C12H17ClF3N3O2S. The van der Waals surface area contributed by atoms with Gasteiger partial charge >= 0.3 is 6.18 Å². The number of nitrogens with one attached hydrogen (secondary N) is 1. The Morgan fingerprint density at radius 1 is 1.36 bits per heavy atom. The van der Waals surface area contributed by atoms with Gasteiger partial charge in [0, 0.05) is 25.3 Å². The van der Waals surface area contributed by atoms with Crippen LogP contribution in [0.1, 0.15) is 18.5 Å². The Hall–Kier alpha value is -0.900. The first-order valence-corrected chi connectivity index (χ1v) is 7.90. The monoisotopic (exact) mass is 359 g/mol. The van der Waals surface area contributed by atoms with Crippen molar-refractivity contribution in [3.63, 3.8) is 0 Å². The highest BCUT2D eigenvalue weighted by Crippen LogP contribution is 2.28. The standard InChI is InChI=1S/C12H16F3N3O2S.ClH/c1-16-9-3-2-6-18(8-9)21(19,20)10-4-5-11(17-7-10)12(13,14)15;/h4-5,7,9,16H,2-3,6,8H2,1H3;1H. The highest BCUT2D eigenvalue weighted by molar-refractivity contribution is 7.89. The summed E-state index contributed by atoms with van der Waals surface area (Å²) in [5.74, 6) is 0. The molecule has 2 rings (SSSR count). The number of alkyl halides is 3. The molecule has 1 aromatic heterocycles. The number of sulfonamides is 1. The quantitative estimate of drug-likeness (QED) is 0.895. The van der Waals surface area contributed by atoms with Crippen molar-refractivity contribution < 1.29 is 21.6 Å². The molecule has 10 heteroatoms. The van der Waals surface area contributed by atoms with Crippen LogP contribution in [0.15, 0.2) is 23.2 Å². The summed E-state index contributed by atoms with van der Waals surface area (Å²) >= 11 is 0. The fourth-order valence-corrected chi connectivity index (χ4v) is 3.72. The van der Waals surface area contributed by atoms with E-state index < -0.39 is 21.9 Å². The van der Waals surface area contributed by atoms with Gasteiger partial charge in [-0.1, -0.05) is 0 Å². The lowest BCUT2D eigenvalue weighted by molar-refractivity contribution is -0.141. The van der Waals surface area contributed by atoms with Gasteiger partial charge in [-0.05, 0) is 32.0 Å². The maximum Gasteiger partial charge on any atom is 0.433 e. The van der Waals surface area contributed by atoms with E-state index in [1.807, 2.05) is 0 Å². The van der Waals surface area contributed by atoms with E-state index in [4.69, 9.17) is 0 Å². The van der Waals surface area contributed by atoms with Crippen molar-refractivity contribution in [2.75, 3.05) is 20.1 Å². The molecule has 0 aromatic carbocycles. The zero-order valence-corrected chi connectivity index (χ0v) is 13.4. The summed E-state index contributed by atoms with van der Waals surface area (Å²) in [4.78, 5) is 2.99. The van der Waals surface area contributed by atoms with Gasteiger partial charge in [0.2, 0.25) is 10.0 Å². The molecule has 0 bridgehead atoms. The van der Waals surface area contributed by atoms with Crippen molar-refractivity contribution in [2.45, 2.75) is 30.0 Å². The molecule has 1 fully saturated rings. The van der Waals surface area contributed by atoms with Gasteiger partial charge in [0.15, 0.2) is 0 Å². The van der Waals surface area contributed by atoms with Crippen LogP contribution in [0.3, 0.4) is 0 Å². The Morgan fingerprint density at radius 3 is 2.55 bits per heavy atom. The van der Waals surface area contributed by atoms with Crippen LogP contribution in [-0.4, -0.2) is 43.9 Å². The summed E-state index contributed by atoms with van der Waals surface area (Å²) in [6.45, 7) is 0.668. The normalized spacial score (nSPS) is 20.5. The van der Waals surface area contributed by atoms with Crippen molar-refractivity contribution in [1.29, 1.82) is 0 Å². The average Bonchev–Trinajstić information content (AvgIpc) is 2.46. The average molecular weight is 360 g/mol. The number of hydrogen-bond donors (Lipinski definition) is 1. The van der Waals surface area contributed by atoms with Crippen LogP contribution in [-0.2, 0) is 16.2 Å². The van der Waals surface area contributed by atoms with E-state index >= 15 is 0 Å². The molecule has 1 unspecified atom stereocenters. The maximum absolute atomic E-state index is 12.4. The first-order valence-electron chi connectivity index (χ1n) is 6.46. The van der Waals surface area contributed by atoms with Gasteiger partial charge in [-0.25, -0.2) is 8.42 Å². The minimum Gasteiger partial charge on any atom is -0.316 e. The predicted octanol–water partition coefficient (Wildman–Crippen LogP) is 1.89. The van der Waals surface area contributed by atoms with Gasteiger partial charge in [-0.3, -0.25) is 4.98 Å². The smallest absolute Gasteiger partial charge is 0.316 e. The van der Waals surface area contributed by atoms with E-state index in [1.165, 1.54) is 4.31 Å². The number of likely N-dealkylation sites (N-methyl/N-ethyl adjacent to an activating group) is 1. The van der Waals surface area contributed by atoms with Crippen LogP contribution in [0.5, 0.6) is 0 Å². The largest absolute Gasteiger partial charge is 0.433 e. The Morgan fingerprint density at radius 2 is 2.05 bits per heavy atom. The lowest BCUT2D eigenvalue weighted by Gasteiger charge is -2.31. The maximum atomic E-state index is 12.4. The third-order valence-corrected chi connectivity index (χ3v) is 5.31. The molecule has 2 heterocycles. The molecule has 0 saturated carbocycles. The van der Waals surface area contributed by atoms with Crippen molar-refractivity contribution in [1.82, 2.24) is 14.6 Å². The van der Waals surface area contributed by atoms with E-state index in [0.717, 1.165) is 18.7 Å². The van der Waals surface area contributed by atoms with E-state index in [1.54, 1.807) is 7.05 Å². The van der Waals surface area contributed by atoms with Gasteiger partial charge in [0.1, 0.15) is 10.6 Å². The van der Waals surface area contributed by atoms with Crippen LogP contribution in [0.4, 0.5) is 13.2 Å². The van der Waals surface area contributed by atoms with E-state index in [0.29, 0.717) is 25.6 Å². The number of halogens is 4. The molecule has 0 amide bonds. The van der Waals surface area contributed by atoms with E-state index in [2.05, 4.69) is 10.3 Å². The van der Waals surface area contributed by atoms with Gasteiger partial charge in [0.05, 0.1) is 0 Å². The molecular weight excluding hydrogens is 343 g/mol. The Balaban J connectivity index is 0.00000242. The second-order valence-corrected chi connectivity index (χ2v) is 6.81. The van der Waals surface area contributed by atoms with Gasteiger partial charge in [-0.15, -0.1) is 12.4 Å². The van der Waals surface area contributed by atoms with Gasteiger partial charge < -0.3 is 5.32 Å². The Labute approximate surface area is 133 Å². The molecule has 1 aromatic rings. The molecule has 0 radical (unpaired) electrons. The predicted molar refractivity (Wildman–Crippen MR) is 77.3 cm³/mol. The molecule has 1 aliphatic heterocycles. The van der Waals surface area contributed by atoms with E-state index in [9.17, 15) is 21.6 Å². The topological polar surface area (TPSA) is 62.3 Å². The summed E-state index contributed by atoms with van der Waals surface area (Å²) in [5, 5.41) is 3.02. The second-order valence-electron chi connectivity index (χ2n) is 4.87. The molecule has 1 atom stereocenters.